The standard InChI is InChI=1S/C18H15F3N2O/c1-3-9-23-17(13-8-7-12(24)10-11(13)2)14-5-4-6-15(16(14)22-23)18(19,20)21/h3-8,10,24H,1,9H2,2H3. The first kappa shape index (κ1) is 16.1. The number of allylic oxidation sites excluding steroid dienone is 1. The molecule has 0 atom stereocenters. The highest BCUT2D eigenvalue weighted by molar-refractivity contribution is 5.96. The molecule has 0 fully saturated rings. The average molecular weight is 332 g/mol. The fourth-order valence-corrected chi connectivity index (χ4v) is 2.83. The molecule has 124 valence electrons. The van der Waals surface area contributed by atoms with Crippen LogP contribution in [-0.2, 0) is 12.7 Å². The summed E-state index contributed by atoms with van der Waals surface area (Å²) in [5, 5.41) is 14.2. The summed E-state index contributed by atoms with van der Waals surface area (Å²) in [5.74, 6) is 0.103. The fraction of sp³-hybridized carbons (Fsp3) is 0.167. The molecule has 1 N–H and O–H groups in total. The number of benzene rings is 2. The second-order valence-corrected chi connectivity index (χ2v) is 5.52. The average Bonchev–Trinajstić information content (AvgIpc) is 2.84. The summed E-state index contributed by atoms with van der Waals surface area (Å²) in [4.78, 5) is 0. The number of nitrogens with zero attached hydrogens (tertiary/aromatic N) is 2. The van der Waals surface area contributed by atoms with Crippen molar-refractivity contribution in [2.45, 2.75) is 19.6 Å². The van der Waals surface area contributed by atoms with Crippen LogP contribution >= 0.6 is 0 Å². The highest BCUT2D eigenvalue weighted by Crippen LogP contribution is 2.39. The fourth-order valence-electron chi connectivity index (χ4n) is 2.83. The van der Waals surface area contributed by atoms with Crippen LogP contribution < -0.4 is 0 Å². The van der Waals surface area contributed by atoms with Gasteiger partial charge in [-0.15, -0.1) is 6.58 Å². The van der Waals surface area contributed by atoms with Crippen LogP contribution in [0.2, 0.25) is 0 Å². The molecule has 0 amide bonds. The van der Waals surface area contributed by atoms with Crippen molar-refractivity contribution >= 4 is 10.9 Å². The van der Waals surface area contributed by atoms with Crippen molar-refractivity contribution in [3.05, 3.63) is 60.2 Å². The molecule has 0 unspecified atom stereocenters. The maximum atomic E-state index is 13.3. The van der Waals surface area contributed by atoms with Gasteiger partial charge in [0.05, 0.1) is 17.8 Å². The minimum atomic E-state index is -4.48. The molecule has 6 heteroatoms. The van der Waals surface area contributed by atoms with E-state index in [2.05, 4.69) is 11.7 Å². The minimum Gasteiger partial charge on any atom is -0.508 e. The lowest BCUT2D eigenvalue weighted by Gasteiger charge is -2.10. The van der Waals surface area contributed by atoms with E-state index in [-0.39, 0.29) is 17.8 Å². The van der Waals surface area contributed by atoms with Crippen LogP contribution in [0.25, 0.3) is 22.2 Å². The Hall–Kier alpha value is -2.76. The Morgan fingerprint density at radius 3 is 2.62 bits per heavy atom. The number of hydrogen-bond acceptors (Lipinski definition) is 2. The van der Waals surface area contributed by atoms with Gasteiger partial charge in [-0.05, 0) is 36.8 Å². The first-order valence-corrected chi connectivity index (χ1v) is 7.30. The van der Waals surface area contributed by atoms with Crippen molar-refractivity contribution in [2.75, 3.05) is 0 Å². The number of phenols is 1. The number of aryl methyl sites for hydroxylation is 1. The molecule has 0 aliphatic heterocycles. The number of rotatable bonds is 3. The van der Waals surface area contributed by atoms with Gasteiger partial charge in [0.2, 0.25) is 0 Å². The lowest BCUT2D eigenvalue weighted by molar-refractivity contribution is -0.136. The quantitative estimate of drug-likeness (QED) is 0.691. The molecule has 3 nitrogen and oxygen atoms in total. The van der Waals surface area contributed by atoms with E-state index in [0.717, 1.165) is 17.2 Å². The van der Waals surface area contributed by atoms with Crippen molar-refractivity contribution in [2.24, 2.45) is 0 Å². The van der Waals surface area contributed by atoms with Gasteiger partial charge in [0.15, 0.2) is 0 Å². The zero-order valence-electron chi connectivity index (χ0n) is 12.9. The maximum absolute atomic E-state index is 13.3. The number of phenolic OH excluding ortho intramolecular Hbond substituents is 1. The molecule has 0 aliphatic rings. The van der Waals surface area contributed by atoms with Crippen LogP contribution in [0, 0.1) is 6.92 Å². The van der Waals surface area contributed by atoms with Crippen molar-refractivity contribution < 1.29 is 18.3 Å². The van der Waals surface area contributed by atoms with Gasteiger partial charge in [0, 0.05) is 10.9 Å². The van der Waals surface area contributed by atoms with E-state index in [1.807, 2.05) is 0 Å². The predicted molar refractivity (Wildman–Crippen MR) is 86.8 cm³/mol. The summed E-state index contributed by atoms with van der Waals surface area (Å²) in [6, 6.07) is 8.79. The highest BCUT2D eigenvalue weighted by Gasteiger charge is 2.34. The first-order chi connectivity index (χ1) is 11.3. The van der Waals surface area contributed by atoms with Gasteiger partial charge in [-0.1, -0.05) is 18.2 Å². The topological polar surface area (TPSA) is 38.0 Å². The second kappa shape index (κ2) is 5.70. The largest absolute Gasteiger partial charge is 0.508 e. The molecular weight excluding hydrogens is 317 g/mol. The zero-order chi connectivity index (χ0) is 17.5. The number of fused-ring (bicyclic) bond motifs is 1. The van der Waals surface area contributed by atoms with Gasteiger partial charge in [-0.2, -0.15) is 18.3 Å². The number of hydrogen-bond donors (Lipinski definition) is 1. The number of alkyl halides is 3. The molecule has 1 heterocycles. The molecule has 0 aliphatic carbocycles. The third-order valence-electron chi connectivity index (χ3n) is 3.84. The van der Waals surface area contributed by atoms with E-state index in [4.69, 9.17) is 0 Å². The Morgan fingerprint density at radius 2 is 2.00 bits per heavy atom. The van der Waals surface area contributed by atoms with Crippen molar-refractivity contribution in [3.63, 3.8) is 0 Å². The summed E-state index contributed by atoms with van der Waals surface area (Å²) in [6.07, 6.45) is -2.90. The van der Waals surface area contributed by atoms with Gasteiger partial charge < -0.3 is 5.11 Å². The highest BCUT2D eigenvalue weighted by atomic mass is 19.4. The number of aromatic nitrogens is 2. The Morgan fingerprint density at radius 1 is 1.25 bits per heavy atom. The van der Waals surface area contributed by atoms with Gasteiger partial charge in [-0.3, -0.25) is 4.68 Å². The lowest BCUT2D eigenvalue weighted by atomic mass is 10.0. The third-order valence-corrected chi connectivity index (χ3v) is 3.84. The van der Waals surface area contributed by atoms with Gasteiger partial charge in [0.25, 0.3) is 0 Å². The molecule has 3 rings (SSSR count). The summed E-state index contributed by atoms with van der Waals surface area (Å²) < 4.78 is 41.3. The third kappa shape index (κ3) is 2.64. The molecule has 2 aromatic carbocycles. The number of halogens is 3. The molecule has 0 spiro atoms. The van der Waals surface area contributed by atoms with E-state index in [0.29, 0.717) is 11.1 Å². The Balaban J connectivity index is 2.37. The second-order valence-electron chi connectivity index (χ2n) is 5.52. The van der Waals surface area contributed by atoms with Crippen LogP contribution in [0.4, 0.5) is 13.2 Å². The van der Waals surface area contributed by atoms with E-state index in [1.165, 1.54) is 16.8 Å². The van der Waals surface area contributed by atoms with E-state index < -0.39 is 11.7 Å². The van der Waals surface area contributed by atoms with Crippen molar-refractivity contribution in [1.82, 2.24) is 9.78 Å². The molecular formula is C18H15F3N2O. The maximum Gasteiger partial charge on any atom is 0.418 e. The molecule has 0 saturated carbocycles. The molecule has 0 radical (unpaired) electrons. The Kier molecular flexibility index (Phi) is 3.83. The van der Waals surface area contributed by atoms with Crippen LogP contribution in [0.5, 0.6) is 5.75 Å². The van der Waals surface area contributed by atoms with E-state index in [1.54, 1.807) is 31.2 Å². The molecule has 3 aromatic rings. The number of aromatic hydroxyl groups is 1. The minimum absolute atomic E-state index is 0.0886. The normalized spacial score (nSPS) is 11.8. The molecule has 24 heavy (non-hydrogen) atoms. The van der Waals surface area contributed by atoms with E-state index in [9.17, 15) is 18.3 Å². The summed E-state index contributed by atoms with van der Waals surface area (Å²) >= 11 is 0. The van der Waals surface area contributed by atoms with E-state index >= 15 is 0 Å². The smallest absolute Gasteiger partial charge is 0.418 e. The Bertz CT molecular complexity index is 926. The van der Waals surface area contributed by atoms with Crippen LogP contribution in [0.3, 0.4) is 0 Å². The van der Waals surface area contributed by atoms with Crippen LogP contribution in [0.1, 0.15) is 11.1 Å². The van der Waals surface area contributed by atoms with Gasteiger partial charge in [0.1, 0.15) is 11.3 Å². The van der Waals surface area contributed by atoms with Crippen LogP contribution in [0.15, 0.2) is 49.1 Å². The monoisotopic (exact) mass is 332 g/mol. The molecule has 0 saturated heterocycles. The summed E-state index contributed by atoms with van der Waals surface area (Å²) in [6.45, 7) is 5.72. The van der Waals surface area contributed by atoms with Gasteiger partial charge in [-0.25, -0.2) is 0 Å². The first-order valence-electron chi connectivity index (χ1n) is 7.30. The lowest BCUT2D eigenvalue weighted by Crippen LogP contribution is -2.06. The van der Waals surface area contributed by atoms with Crippen LogP contribution in [-0.4, -0.2) is 14.9 Å². The zero-order valence-corrected chi connectivity index (χ0v) is 12.9. The predicted octanol–water partition coefficient (Wildman–Crippen LogP) is 4.92. The summed E-state index contributed by atoms with van der Waals surface area (Å²) in [7, 11) is 0. The summed E-state index contributed by atoms with van der Waals surface area (Å²) in [5.41, 5.74) is 1.19. The Labute approximate surface area is 136 Å². The van der Waals surface area contributed by atoms with Crippen molar-refractivity contribution in [1.29, 1.82) is 0 Å². The van der Waals surface area contributed by atoms with Gasteiger partial charge >= 0.3 is 6.18 Å². The molecule has 1 aromatic heterocycles. The molecule has 0 bridgehead atoms. The van der Waals surface area contributed by atoms with Crippen molar-refractivity contribution in [3.8, 4) is 17.0 Å². The SMILES string of the molecule is C=CCn1nc2c(C(F)(F)F)cccc2c1-c1ccc(O)cc1C.